The third kappa shape index (κ3) is 5.80. The second-order valence-corrected chi connectivity index (χ2v) is 9.27. The van der Waals surface area contributed by atoms with Crippen LogP contribution in [0.4, 0.5) is 0 Å². The molecule has 0 unspecified atom stereocenters. The number of hydrogen-bond donors (Lipinski definition) is 5. The molecule has 0 aromatic heterocycles. The van der Waals surface area contributed by atoms with Gasteiger partial charge in [-0.25, -0.2) is 0 Å². The molecule has 0 amide bonds. The van der Waals surface area contributed by atoms with E-state index in [1.807, 2.05) is 0 Å². The van der Waals surface area contributed by atoms with Crippen LogP contribution in [0, 0.1) is 10.8 Å². The van der Waals surface area contributed by atoms with E-state index in [0.29, 0.717) is 56.1 Å². The maximum absolute atomic E-state index is 11.2. The van der Waals surface area contributed by atoms with Gasteiger partial charge in [-0.2, -0.15) is 0 Å². The molecule has 0 aliphatic heterocycles. The maximum Gasteiger partial charge on any atom is 0.309 e. The molecule has 0 heterocycles. The maximum atomic E-state index is 11.2. The van der Waals surface area contributed by atoms with Gasteiger partial charge in [-0.1, -0.05) is 19.3 Å². The summed E-state index contributed by atoms with van der Waals surface area (Å²) in [6.07, 6.45) is 6.95. The molecule has 1 aromatic rings. The van der Waals surface area contributed by atoms with Crippen molar-refractivity contribution in [1.29, 1.82) is 0 Å². The van der Waals surface area contributed by atoms with Gasteiger partial charge >= 0.3 is 11.9 Å². The molecule has 168 valence electrons. The van der Waals surface area contributed by atoms with E-state index >= 15 is 0 Å². The summed E-state index contributed by atoms with van der Waals surface area (Å²) in [5.41, 5.74) is -0.572. The van der Waals surface area contributed by atoms with E-state index in [1.165, 1.54) is 6.07 Å². The number of aryl methyl sites for hydroxylation is 1. The van der Waals surface area contributed by atoms with Gasteiger partial charge in [0.05, 0.1) is 10.8 Å². The number of carboxylic acid groups (broad SMARTS) is 2. The highest BCUT2D eigenvalue weighted by atomic mass is 16.4. The summed E-state index contributed by atoms with van der Waals surface area (Å²) in [6.45, 7) is 3.38. The van der Waals surface area contributed by atoms with Gasteiger partial charge in [0.25, 0.3) is 0 Å². The SMILES string of the molecule is CC(C)(CCCCCc1c(O)cc(CCCCC2(C(=O)O)CC2)c(O)c1O)C(=O)O. The van der Waals surface area contributed by atoms with Crippen molar-refractivity contribution < 1.29 is 35.1 Å². The Kier molecular flexibility index (Phi) is 7.61. The summed E-state index contributed by atoms with van der Waals surface area (Å²) in [5.74, 6) is -2.16. The van der Waals surface area contributed by atoms with E-state index in [2.05, 4.69) is 0 Å². The van der Waals surface area contributed by atoms with Crippen LogP contribution in [-0.4, -0.2) is 37.5 Å². The number of phenolic OH excluding ortho intramolecular Hbond substituents is 3. The minimum Gasteiger partial charge on any atom is -0.508 e. The highest BCUT2D eigenvalue weighted by molar-refractivity contribution is 5.77. The Morgan fingerprint density at radius 2 is 1.57 bits per heavy atom. The second-order valence-electron chi connectivity index (χ2n) is 9.27. The monoisotopic (exact) mass is 422 g/mol. The molecule has 5 N–H and O–H groups in total. The Bertz CT molecular complexity index is 778. The predicted molar refractivity (Wildman–Crippen MR) is 112 cm³/mol. The first-order chi connectivity index (χ1) is 14.0. The van der Waals surface area contributed by atoms with Gasteiger partial charge in [0.15, 0.2) is 11.5 Å². The predicted octanol–water partition coefficient (Wildman–Crippen LogP) is 4.59. The third-order valence-corrected chi connectivity index (χ3v) is 6.40. The largest absolute Gasteiger partial charge is 0.508 e. The standard InChI is InChI=1S/C23H34O7/c1-22(2,20(27)28)10-6-3-4-9-16-17(24)14-15(18(25)19(16)26)8-5-7-11-23(12-13-23)21(29)30/h14,24-26H,3-13H2,1-2H3,(H,27,28)(H,29,30). The fraction of sp³-hybridized carbons (Fsp3) is 0.652. The van der Waals surface area contributed by atoms with E-state index in [4.69, 9.17) is 5.11 Å². The lowest BCUT2D eigenvalue weighted by molar-refractivity contribution is -0.147. The first-order valence-corrected chi connectivity index (χ1v) is 10.7. The van der Waals surface area contributed by atoms with Crippen LogP contribution in [0.3, 0.4) is 0 Å². The van der Waals surface area contributed by atoms with Gasteiger partial charge in [0, 0.05) is 11.1 Å². The van der Waals surface area contributed by atoms with Crippen LogP contribution in [0.25, 0.3) is 0 Å². The quantitative estimate of drug-likeness (QED) is 0.178. The van der Waals surface area contributed by atoms with E-state index in [-0.39, 0.29) is 17.2 Å². The lowest BCUT2D eigenvalue weighted by Gasteiger charge is -2.18. The van der Waals surface area contributed by atoms with E-state index in [0.717, 1.165) is 25.7 Å². The average Bonchev–Trinajstić information content (AvgIpc) is 3.46. The van der Waals surface area contributed by atoms with Gasteiger partial charge in [-0.3, -0.25) is 9.59 Å². The van der Waals surface area contributed by atoms with Crippen LogP contribution in [0.1, 0.15) is 82.8 Å². The molecule has 30 heavy (non-hydrogen) atoms. The summed E-state index contributed by atoms with van der Waals surface area (Å²) in [7, 11) is 0. The first kappa shape index (κ1) is 23.8. The van der Waals surface area contributed by atoms with Crippen LogP contribution in [-0.2, 0) is 22.4 Å². The lowest BCUT2D eigenvalue weighted by atomic mass is 9.87. The Labute approximate surface area is 177 Å². The van der Waals surface area contributed by atoms with Gasteiger partial charge in [-0.15, -0.1) is 0 Å². The molecule has 0 saturated heterocycles. The van der Waals surface area contributed by atoms with Crippen LogP contribution < -0.4 is 0 Å². The number of aliphatic carboxylic acids is 2. The fourth-order valence-electron chi connectivity index (χ4n) is 3.83. The Morgan fingerprint density at radius 1 is 0.933 bits per heavy atom. The zero-order valence-electron chi connectivity index (χ0n) is 17.9. The van der Waals surface area contributed by atoms with Crippen molar-refractivity contribution in [3.63, 3.8) is 0 Å². The van der Waals surface area contributed by atoms with Crippen LogP contribution in [0.15, 0.2) is 6.07 Å². The molecule has 0 atom stereocenters. The molecule has 0 bridgehead atoms. The topological polar surface area (TPSA) is 135 Å². The number of benzene rings is 1. The zero-order valence-corrected chi connectivity index (χ0v) is 17.9. The Morgan fingerprint density at radius 3 is 2.13 bits per heavy atom. The number of carboxylic acids is 2. The summed E-state index contributed by atoms with van der Waals surface area (Å²) in [6, 6.07) is 1.47. The van der Waals surface area contributed by atoms with E-state index in [1.54, 1.807) is 13.8 Å². The zero-order chi connectivity index (χ0) is 22.5. The minimum absolute atomic E-state index is 0.0598. The molecule has 1 aromatic carbocycles. The lowest BCUT2D eigenvalue weighted by Crippen LogP contribution is -2.23. The summed E-state index contributed by atoms with van der Waals surface area (Å²) in [5, 5.41) is 49.3. The van der Waals surface area contributed by atoms with Crippen molar-refractivity contribution in [2.75, 3.05) is 0 Å². The molecule has 1 aliphatic carbocycles. The molecule has 1 aliphatic rings. The number of hydrogen-bond acceptors (Lipinski definition) is 5. The van der Waals surface area contributed by atoms with Crippen molar-refractivity contribution >= 4 is 11.9 Å². The minimum atomic E-state index is -0.825. The Hall–Kier alpha value is -2.44. The van der Waals surface area contributed by atoms with Gasteiger partial charge in [0.2, 0.25) is 0 Å². The van der Waals surface area contributed by atoms with Crippen molar-refractivity contribution in [1.82, 2.24) is 0 Å². The molecule has 0 radical (unpaired) electrons. The van der Waals surface area contributed by atoms with Crippen LogP contribution in [0.2, 0.25) is 0 Å². The third-order valence-electron chi connectivity index (χ3n) is 6.40. The number of rotatable bonds is 13. The molecule has 7 heteroatoms. The fourth-order valence-corrected chi connectivity index (χ4v) is 3.83. The molecule has 2 rings (SSSR count). The second kappa shape index (κ2) is 9.58. The van der Waals surface area contributed by atoms with Crippen molar-refractivity contribution in [3.05, 3.63) is 17.2 Å². The molecular weight excluding hydrogens is 388 g/mol. The van der Waals surface area contributed by atoms with Gasteiger partial charge in [-0.05, 0) is 71.3 Å². The first-order valence-electron chi connectivity index (χ1n) is 10.7. The summed E-state index contributed by atoms with van der Waals surface area (Å²) in [4.78, 5) is 22.3. The number of phenols is 3. The molecule has 7 nitrogen and oxygen atoms in total. The smallest absolute Gasteiger partial charge is 0.309 e. The van der Waals surface area contributed by atoms with Gasteiger partial charge < -0.3 is 25.5 Å². The summed E-state index contributed by atoms with van der Waals surface area (Å²) < 4.78 is 0. The van der Waals surface area contributed by atoms with Crippen molar-refractivity contribution in [2.45, 2.75) is 84.5 Å². The number of unbranched alkanes of at least 4 members (excludes halogenated alkanes) is 3. The molecular formula is C23H34O7. The molecule has 1 fully saturated rings. The average molecular weight is 423 g/mol. The van der Waals surface area contributed by atoms with Crippen molar-refractivity contribution in [3.8, 4) is 17.2 Å². The highest BCUT2D eigenvalue weighted by Gasteiger charge is 2.49. The van der Waals surface area contributed by atoms with Gasteiger partial charge in [0.1, 0.15) is 5.75 Å². The molecule has 0 spiro atoms. The van der Waals surface area contributed by atoms with Crippen molar-refractivity contribution in [2.24, 2.45) is 10.8 Å². The number of carbonyl (C=O) groups is 2. The molecule has 1 saturated carbocycles. The highest BCUT2D eigenvalue weighted by Crippen LogP contribution is 2.50. The Balaban J connectivity index is 1.83. The normalized spacial score (nSPS) is 15.1. The summed E-state index contributed by atoms with van der Waals surface area (Å²) >= 11 is 0. The number of aromatic hydroxyl groups is 3. The van der Waals surface area contributed by atoms with E-state index < -0.39 is 22.8 Å². The van der Waals surface area contributed by atoms with E-state index in [9.17, 15) is 30.0 Å². The van der Waals surface area contributed by atoms with Crippen LogP contribution >= 0.6 is 0 Å². The van der Waals surface area contributed by atoms with Crippen LogP contribution in [0.5, 0.6) is 17.2 Å².